The Morgan fingerprint density at radius 2 is 1.82 bits per heavy atom. The van der Waals surface area contributed by atoms with E-state index in [0.29, 0.717) is 24.1 Å². The van der Waals surface area contributed by atoms with E-state index < -0.39 is 27.7 Å². The molecule has 0 bridgehead atoms. The highest BCUT2D eigenvalue weighted by Gasteiger charge is 2.41. The summed E-state index contributed by atoms with van der Waals surface area (Å²) in [5.74, 6) is -0.996. The van der Waals surface area contributed by atoms with Gasteiger partial charge in [-0.3, -0.25) is 9.36 Å². The number of hydrogen-bond acceptors (Lipinski definition) is 6. The van der Waals surface area contributed by atoms with Crippen molar-refractivity contribution in [3.8, 4) is 6.07 Å². The second-order valence-electron chi connectivity index (χ2n) is 9.72. The zero-order valence-electron chi connectivity index (χ0n) is 20.8. The maximum absolute atomic E-state index is 16.4. The Hall–Kier alpha value is -2.76. The quantitative estimate of drug-likeness (QED) is 0.403. The molecule has 3 aromatic rings. The Balaban J connectivity index is 1.55. The molecule has 8 nitrogen and oxygen atoms in total. The van der Waals surface area contributed by atoms with Gasteiger partial charge in [0.15, 0.2) is 5.82 Å². The number of fused-ring (bicyclic) bond motifs is 1. The number of piperazine rings is 1. The average Bonchev–Trinajstić information content (AvgIpc) is 3.74. The summed E-state index contributed by atoms with van der Waals surface area (Å²) in [6, 6.07) is 8.67. The minimum absolute atomic E-state index is 0.111. The van der Waals surface area contributed by atoms with Crippen molar-refractivity contribution in [1.29, 1.82) is 5.26 Å². The molecule has 0 radical (unpaired) electrons. The van der Waals surface area contributed by atoms with Gasteiger partial charge in [0.25, 0.3) is 5.56 Å². The van der Waals surface area contributed by atoms with Crippen LogP contribution in [-0.2, 0) is 17.1 Å². The number of nitriles is 1. The summed E-state index contributed by atoms with van der Waals surface area (Å²) in [6.07, 6.45) is 1.36. The van der Waals surface area contributed by atoms with E-state index in [0.717, 1.165) is 9.64 Å². The number of rotatable bonds is 6. The van der Waals surface area contributed by atoms with Crippen molar-refractivity contribution in [1.82, 2.24) is 8.87 Å². The molecule has 38 heavy (non-hydrogen) atoms. The summed E-state index contributed by atoms with van der Waals surface area (Å²) in [5.41, 5.74) is 0.663. The molecule has 0 spiro atoms. The highest BCUT2D eigenvalue weighted by atomic mass is 127. The van der Waals surface area contributed by atoms with E-state index in [4.69, 9.17) is 0 Å². The van der Waals surface area contributed by atoms with Crippen LogP contribution < -0.4 is 15.8 Å². The van der Waals surface area contributed by atoms with E-state index in [-0.39, 0.29) is 59.1 Å². The molecule has 2 heterocycles. The fourth-order valence-corrected chi connectivity index (χ4v) is 7.52. The first-order chi connectivity index (χ1) is 18.0. The molecule has 1 aliphatic carbocycles. The summed E-state index contributed by atoms with van der Waals surface area (Å²) < 4.78 is 58.8. The van der Waals surface area contributed by atoms with Crippen LogP contribution >= 0.6 is 22.6 Å². The van der Waals surface area contributed by atoms with E-state index in [2.05, 4.69) is 27.9 Å². The van der Waals surface area contributed by atoms with Gasteiger partial charge < -0.3 is 10.2 Å². The minimum Gasteiger partial charge on any atom is -0.377 e. The smallest absolute Gasteiger partial charge is 0.259 e. The van der Waals surface area contributed by atoms with Gasteiger partial charge in [-0.1, -0.05) is 0 Å². The van der Waals surface area contributed by atoms with E-state index in [1.165, 1.54) is 28.1 Å². The normalized spacial score (nSPS) is 17.4. The Morgan fingerprint density at radius 1 is 1.13 bits per heavy atom. The molecule has 1 atom stereocenters. The molecule has 1 aromatic heterocycles. The lowest BCUT2D eigenvalue weighted by Crippen LogP contribution is -2.50. The second-order valence-corrected chi connectivity index (χ2v) is 13.2. The molecule has 5 rings (SSSR count). The van der Waals surface area contributed by atoms with Gasteiger partial charge >= 0.3 is 0 Å². The number of aromatic nitrogens is 1. The zero-order valence-corrected chi connectivity index (χ0v) is 23.8. The molecule has 1 saturated heterocycles. The molecular formula is C26H26F2IN5O3S. The van der Waals surface area contributed by atoms with Crippen LogP contribution in [0.15, 0.2) is 35.1 Å². The number of hydrogen-bond donors (Lipinski definition) is 1. The van der Waals surface area contributed by atoms with Crippen LogP contribution in [0.3, 0.4) is 0 Å². The molecule has 2 fully saturated rings. The van der Waals surface area contributed by atoms with Crippen molar-refractivity contribution in [3.63, 3.8) is 0 Å². The summed E-state index contributed by atoms with van der Waals surface area (Å²) in [6.45, 7) is 2.76. The zero-order chi connectivity index (χ0) is 27.4. The number of nitrogens with one attached hydrogen (secondary N) is 1. The van der Waals surface area contributed by atoms with E-state index in [9.17, 15) is 22.9 Å². The van der Waals surface area contributed by atoms with Crippen LogP contribution in [0.2, 0.25) is 0 Å². The maximum Gasteiger partial charge on any atom is 0.259 e. The van der Waals surface area contributed by atoms with Gasteiger partial charge in [-0.25, -0.2) is 17.2 Å². The number of benzene rings is 2. The number of anilines is 2. The third-order valence-corrected chi connectivity index (χ3v) is 10.2. The van der Waals surface area contributed by atoms with E-state index in [1.807, 2.05) is 6.07 Å². The Kier molecular flexibility index (Phi) is 7.12. The van der Waals surface area contributed by atoms with Crippen LogP contribution in [0.4, 0.5) is 20.3 Å². The summed E-state index contributed by atoms with van der Waals surface area (Å²) in [4.78, 5) is 15.2. The summed E-state index contributed by atoms with van der Waals surface area (Å²) in [5, 5.41) is 12.7. The van der Waals surface area contributed by atoms with Crippen LogP contribution in [0, 0.1) is 26.5 Å². The highest BCUT2D eigenvalue weighted by Crippen LogP contribution is 2.35. The first-order valence-corrected chi connectivity index (χ1v) is 14.8. The summed E-state index contributed by atoms with van der Waals surface area (Å²) in [7, 11) is -1.81. The molecule has 200 valence electrons. The SMILES string of the molecule is C[C@@H](Nc1ccc(F)cc1C#N)c1cc(I)cc2c(=O)n(C)c(N3CCN(S(=O)(=O)C4CC4)CC3)c(F)c12. The molecule has 2 aromatic carbocycles. The predicted octanol–water partition coefficient (Wildman–Crippen LogP) is 4.08. The number of pyridine rings is 1. The van der Waals surface area contributed by atoms with Gasteiger partial charge in [-0.05, 0) is 78.3 Å². The van der Waals surface area contributed by atoms with Crippen LogP contribution in [0.1, 0.15) is 36.9 Å². The fraction of sp³-hybridized carbons (Fsp3) is 0.385. The van der Waals surface area contributed by atoms with Crippen molar-refractivity contribution < 1.29 is 17.2 Å². The van der Waals surface area contributed by atoms with Gasteiger partial charge in [0.1, 0.15) is 17.7 Å². The first kappa shape index (κ1) is 26.8. The number of nitrogens with zero attached hydrogens (tertiary/aromatic N) is 4. The number of sulfonamides is 1. The molecule has 1 saturated carbocycles. The Labute approximate surface area is 233 Å². The van der Waals surface area contributed by atoms with Gasteiger partial charge in [0, 0.05) is 48.2 Å². The van der Waals surface area contributed by atoms with Gasteiger partial charge in [-0.15, -0.1) is 0 Å². The monoisotopic (exact) mass is 653 g/mol. The molecule has 0 amide bonds. The minimum atomic E-state index is -3.33. The molecule has 1 N–H and O–H groups in total. The largest absolute Gasteiger partial charge is 0.377 e. The van der Waals surface area contributed by atoms with Gasteiger partial charge in [-0.2, -0.15) is 9.57 Å². The van der Waals surface area contributed by atoms with E-state index >= 15 is 4.39 Å². The van der Waals surface area contributed by atoms with E-state index in [1.54, 1.807) is 24.0 Å². The van der Waals surface area contributed by atoms with Crippen molar-refractivity contribution in [2.75, 3.05) is 36.4 Å². The lowest BCUT2D eigenvalue weighted by Gasteiger charge is -2.36. The molecule has 2 aliphatic rings. The van der Waals surface area contributed by atoms with Crippen LogP contribution in [-0.4, -0.2) is 48.7 Å². The van der Waals surface area contributed by atoms with Crippen molar-refractivity contribution >= 4 is 54.9 Å². The molecular weight excluding hydrogens is 627 g/mol. The lowest BCUT2D eigenvalue weighted by molar-refractivity contribution is 0.379. The Morgan fingerprint density at radius 3 is 2.45 bits per heavy atom. The van der Waals surface area contributed by atoms with Crippen molar-refractivity contribution in [3.05, 3.63) is 67.0 Å². The van der Waals surface area contributed by atoms with Crippen LogP contribution in [0.5, 0.6) is 0 Å². The molecule has 0 unspecified atom stereocenters. The third kappa shape index (κ3) is 4.76. The molecule has 1 aliphatic heterocycles. The first-order valence-electron chi connectivity index (χ1n) is 12.2. The predicted molar refractivity (Wildman–Crippen MR) is 151 cm³/mol. The standard InChI is InChI=1S/C26H26F2IN5O3S/c1-15(31-22-6-3-17(27)11-16(22)14-30)20-12-18(29)13-21-23(20)24(28)25(32(2)26(21)35)33-7-9-34(10-8-33)38(36,37)19-4-5-19/h3,6,11-13,15,19,31H,4-5,7-10H2,1-2H3/t15-/m1/s1. The average molecular weight is 653 g/mol. The third-order valence-electron chi connectivity index (χ3n) is 7.19. The molecule has 12 heteroatoms. The van der Waals surface area contributed by atoms with Crippen molar-refractivity contribution in [2.45, 2.75) is 31.1 Å². The summed E-state index contributed by atoms with van der Waals surface area (Å²) >= 11 is 2.08. The lowest BCUT2D eigenvalue weighted by atomic mass is 9.99. The fourth-order valence-electron chi connectivity index (χ4n) is 5.05. The maximum atomic E-state index is 16.4. The van der Waals surface area contributed by atoms with Gasteiger partial charge in [0.2, 0.25) is 10.0 Å². The highest BCUT2D eigenvalue weighted by molar-refractivity contribution is 14.1. The van der Waals surface area contributed by atoms with Crippen molar-refractivity contribution in [2.24, 2.45) is 7.05 Å². The second kappa shape index (κ2) is 10.1. The number of halogens is 3. The topological polar surface area (TPSA) is 98.4 Å². The Bertz CT molecular complexity index is 1640. The van der Waals surface area contributed by atoms with Gasteiger partial charge in [0.05, 0.1) is 21.9 Å². The van der Waals surface area contributed by atoms with Crippen LogP contribution in [0.25, 0.3) is 10.8 Å².